The first kappa shape index (κ1) is 16.0. The number of nitrogens with zero attached hydrogens (tertiary/aromatic N) is 1. The van der Waals surface area contributed by atoms with E-state index in [4.69, 9.17) is 0 Å². The second-order valence-corrected chi connectivity index (χ2v) is 6.91. The van der Waals surface area contributed by atoms with Gasteiger partial charge in [0, 0.05) is 31.7 Å². The van der Waals surface area contributed by atoms with Crippen LogP contribution in [0.1, 0.15) is 66.7 Å². The molecule has 1 rings (SSSR count). The third kappa shape index (κ3) is 5.27. The highest BCUT2D eigenvalue weighted by molar-refractivity contribution is 4.86. The van der Waals surface area contributed by atoms with Crippen molar-refractivity contribution in [3.05, 3.63) is 0 Å². The van der Waals surface area contributed by atoms with Crippen molar-refractivity contribution in [1.29, 1.82) is 0 Å². The maximum absolute atomic E-state index is 3.64. The van der Waals surface area contributed by atoms with Crippen molar-refractivity contribution < 1.29 is 0 Å². The Balaban J connectivity index is 2.42. The summed E-state index contributed by atoms with van der Waals surface area (Å²) in [6.07, 6.45) is 6.73. The number of hydrogen-bond donors (Lipinski definition) is 1. The molecule has 0 saturated carbocycles. The van der Waals surface area contributed by atoms with Gasteiger partial charge in [0.05, 0.1) is 0 Å². The van der Waals surface area contributed by atoms with E-state index in [2.05, 4.69) is 44.8 Å². The van der Waals surface area contributed by atoms with Crippen LogP contribution in [-0.4, -0.2) is 36.6 Å². The van der Waals surface area contributed by atoms with Gasteiger partial charge >= 0.3 is 0 Å². The first-order valence-electron chi connectivity index (χ1n) is 7.96. The highest BCUT2D eigenvalue weighted by Crippen LogP contribution is 2.26. The van der Waals surface area contributed by atoms with Crippen LogP contribution in [0.2, 0.25) is 0 Å². The molecule has 1 N–H and O–H groups in total. The second kappa shape index (κ2) is 7.49. The zero-order valence-electron chi connectivity index (χ0n) is 13.3. The third-order valence-corrected chi connectivity index (χ3v) is 4.36. The topological polar surface area (TPSA) is 15.3 Å². The Morgan fingerprint density at radius 3 is 2.56 bits per heavy atom. The van der Waals surface area contributed by atoms with E-state index < -0.39 is 0 Å². The standard InChI is InChI=1S/C16H34N2/c1-6-8-9-10-16(4,5)13-18-12-15(7-2)17-11-14(18)3/h14-15,17H,6-13H2,1-5H3. The smallest absolute Gasteiger partial charge is 0.0193 e. The van der Waals surface area contributed by atoms with Crippen LogP contribution in [0.3, 0.4) is 0 Å². The molecule has 0 aliphatic carbocycles. The zero-order valence-corrected chi connectivity index (χ0v) is 13.3. The van der Waals surface area contributed by atoms with Crippen LogP contribution in [-0.2, 0) is 0 Å². The van der Waals surface area contributed by atoms with Gasteiger partial charge in [-0.05, 0) is 25.2 Å². The van der Waals surface area contributed by atoms with Gasteiger partial charge < -0.3 is 5.32 Å². The summed E-state index contributed by atoms with van der Waals surface area (Å²) < 4.78 is 0. The quantitative estimate of drug-likeness (QED) is 0.697. The third-order valence-electron chi connectivity index (χ3n) is 4.36. The van der Waals surface area contributed by atoms with Crippen molar-refractivity contribution in [2.75, 3.05) is 19.6 Å². The molecule has 1 saturated heterocycles. The maximum atomic E-state index is 3.64. The molecule has 0 radical (unpaired) electrons. The second-order valence-electron chi connectivity index (χ2n) is 6.91. The van der Waals surface area contributed by atoms with Gasteiger partial charge in [-0.2, -0.15) is 0 Å². The Hall–Kier alpha value is -0.0800. The van der Waals surface area contributed by atoms with Gasteiger partial charge in [0.15, 0.2) is 0 Å². The largest absolute Gasteiger partial charge is 0.311 e. The normalized spacial score (nSPS) is 26.5. The van der Waals surface area contributed by atoms with Gasteiger partial charge in [-0.1, -0.05) is 47.0 Å². The molecule has 1 fully saturated rings. The molecule has 18 heavy (non-hydrogen) atoms. The summed E-state index contributed by atoms with van der Waals surface area (Å²) >= 11 is 0. The predicted octanol–water partition coefficient (Wildman–Crippen LogP) is 3.67. The lowest BCUT2D eigenvalue weighted by molar-refractivity contribution is 0.0863. The lowest BCUT2D eigenvalue weighted by atomic mass is 9.85. The summed E-state index contributed by atoms with van der Waals surface area (Å²) in [5.74, 6) is 0. The van der Waals surface area contributed by atoms with E-state index >= 15 is 0 Å². The van der Waals surface area contributed by atoms with E-state index in [1.807, 2.05) is 0 Å². The van der Waals surface area contributed by atoms with E-state index in [0.29, 0.717) is 17.5 Å². The van der Waals surface area contributed by atoms with Crippen LogP contribution in [0.15, 0.2) is 0 Å². The van der Waals surface area contributed by atoms with E-state index in [-0.39, 0.29) is 0 Å². The van der Waals surface area contributed by atoms with Crippen molar-refractivity contribution in [1.82, 2.24) is 10.2 Å². The number of hydrogen-bond acceptors (Lipinski definition) is 2. The summed E-state index contributed by atoms with van der Waals surface area (Å²) in [6.45, 7) is 15.5. The monoisotopic (exact) mass is 254 g/mol. The molecule has 0 aromatic carbocycles. The number of piperazine rings is 1. The minimum Gasteiger partial charge on any atom is -0.311 e. The van der Waals surface area contributed by atoms with E-state index in [9.17, 15) is 0 Å². The molecule has 2 heteroatoms. The van der Waals surface area contributed by atoms with Gasteiger partial charge in [0.25, 0.3) is 0 Å². The van der Waals surface area contributed by atoms with Crippen molar-refractivity contribution in [3.8, 4) is 0 Å². The Kier molecular flexibility index (Phi) is 6.65. The fourth-order valence-corrected chi connectivity index (χ4v) is 2.97. The van der Waals surface area contributed by atoms with Gasteiger partial charge in [0.1, 0.15) is 0 Å². The molecule has 0 aromatic heterocycles. The van der Waals surface area contributed by atoms with Crippen LogP contribution >= 0.6 is 0 Å². The van der Waals surface area contributed by atoms with Crippen LogP contribution in [0.4, 0.5) is 0 Å². The Labute approximate surface area is 115 Å². The number of nitrogens with one attached hydrogen (secondary N) is 1. The molecule has 0 aromatic rings. The van der Waals surface area contributed by atoms with Crippen molar-refractivity contribution in [3.63, 3.8) is 0 Å². The fourth-order valence-electron chi connectivity index (χ4n) is 2.97. The molecule has 1 aliphatic heterocycles. The fraction of sp³-hybridized carbons (Fsp3) is 1.00. The molecule has 2 unspecified atom stereocenters. The van der Waals surface area contributed by atoms with Crippen LogP contribution in [0.25, 0.3) is 0 Å². The van der Waals surface area contributed by atoms with Gasteiger partial charge in [0.2, 0.25) is 0 Å². The molecule has 1 aliphatic rings. The van der Waals surface area contributed by atoms with Crippen molar-refractivity contribution in [2.24, 2.45) is 5.41 Å². The summed E-state index contributed by atoms with van der Waals surface area (Å²) in [5, 5.41) is 3.64. The van der Waals surface area contributed by atoms with Crippen LogP contribution in [0.5, 0.6) is 0 Å². The Morgan fingerprint density at radius 2 is 1.94 bits per heavy atom. The van der Waals surface area contributed by atoms with E-state index in [1.54, 1.807) is 0 Å². The van der Waals surface area contributed by atoms with Crippen molar-refractivity contribution in [2.45, 2.75) is 78.8 Å². The molecule has 2 atom stereocenters. The average Bonchev–Trinajstić information content (AvgIpc) is 2.32. The Bertz CT molecular complexity index is 225. The maximum Gasteiger partial charge on any atom is 0.0193 e. The lowest BCUT2D eigenvalue weighted by Crippen LogP contribution is -2.57. The highest BCUT2D eigenvalue weighted by Gasteiger charge is 2.28. The molecule has 0 bridgehead atoms. The van der Waals surface area contributed by atoms with Gasteiger partial charge in [-0.3, -0.25) is 4.90 Å². The summed E-state index contributed by atoms with van der Waals surface area (Å²) in [4.78, 5) is 2.70. The summed E-state index contributed by atoms with van der Waals surface area (Å²) in [5.41, 5.74) is 0.471. The molecular weight excluding hydrogens is 220 g/mol. The van der Waals surface area contributed by atoms with Gasteiger partial charge in [-0.15, -0.1) is 0 Å². The molecule has 0 amide bonds. The average molecular weight is 254 g/mol. The molecule has 0 spiro atoms. The highest BCUT2D eigenvalue weighted by atomic mass is 15.2. The van der Waals surface area contributed by atoms with E-state index in [1.165, 1.54) is 45.2 Å². The number of rotatable bonds is 7. The van der Waals surface area contributed by atoms with Gasteiger partial charge in [-0.25, -0.2) is 0 Å². The first-order chi connectivity index (χ1) is 8.48. The first-order valence-corrected chi connectivity index (χ1v) is 7.96. The summed E-state index contributed by atoms with van der Waals surface area (Å²) in [6, 6.07) is 1.39. The Morgan fingerprint density at radius 1 is 1.22 bits per heavy atom. The zero-order chi connectivity index (χ0) is 13.6. The molecular formula is C16H34N2. The predicted molar refractivity (Wildman–Crippen MR) is 81.0 cm³/mol. The minimum atomic E-state index is 0.471. The van der Waals surface area contributed by atoms with Crippen molar-refractivity contribution >= 4 is 0 Å². The van der Waals surface area contributed by atoms with Crippen LogP contribution in [0, 0.1) is 5.41 Å². The van der Waals surface area contributed by atoms with E-state index in [0.717, 1.165) is 6.54 Å². The molecule has 2 nitrogen and oxygen atoms in total. The minimum absolute atomic E-state index is 0.471. The number of unbranched alkanes of at least 4 members (excludes halogenated alkanes) is 2. The lowest BCUT2D eigenvalue weighted by Gasteiger charge is -2.42. The SMILES string of the molecule is CCCCCC(C)(C)CN1CC(CC)NCC1C. The molecule has 1 heterocycles. The van der Waals surface area contributed by atoms with Crippen LogP contribution < -0.4 is 5.32 Å². The molecule has 108 valence electrons. The summed E-state index contributed by atoms with van der Waals surface area (Å²) in [7, 11) is 0.